The topological polar surface area (TPSA) is 37.7 Å². The molecular weight excluding hydrogens is 386 g/mol. The molecule has 1 saturated carbocycles. The molecule has 3 aliphatic rings. The van der Waals surface area contributed by atoms with E-state index in [2.05, 4.69) is 23.6 Å². The van der Waals surface area contributed by atoms with Gasteiger partial charge in [0.15, 0.2) is 0 Å². The van der Waals surface area contributed by atoms with Gasteiger partial charge >= 0.3 is 0 Å². The molecule has 1 aromatic carbocycles. The summed E-state index contributed by atoms with van der Waals surface area (Å²) in [6, 6.07) is 7.83. The van der Waals surface area contributed by atoms with Crippen molar-refractivity contribution in [3.63, 3.8) is 0 Å². The minimum absolute atomic E-state index is 0.131. The van der Waals surface area contributed by atoms with Gasteiger partial charge in [0.05, 0.1) is 23.8 Å². The van der Waals surface area contributed by atoms with Crippen LogP contribution in [0.15, 0.2) is 24.3 Å². The van der Waals surface area contributed by atoms with Gasteiger partial charge in [0, 0.05) is 50.6 Å². The second kappa shape index (κ2) is 6.73. The van der Waals surface area contributed by atoms with Gasteiger partial charge < -0.3 is 14.2 Å². The molecule has 0 N–H and O–H groups in total. The van der Waals surface area contributed by atoms with Crippen LogP contribution < -0.4 is 0 Å². The number of amides is 1. The zero-order valence-corrected chi connectivity index (χ0v) is 18.3. The Balaban J connectivity index is 1.41. The number of aromatic nitrogens is 1. The lowest BCUT2D eigenvalue weighted by Crippen LogP contribution is -2.59. The first kappa shape index (κ1) is 19.4. The lowest BCUT2D eigenvalue weighted by atomic mass is 9.48. The summed E-state index contributed by atoms with van der Waals surface area (Å²) in [6.45, 7) is 11.2. The summed E-state index contributed by atoms with van der Waals surface area (Å²) in [5.41, 5.74) is 2.18. The maximum absolute atomic E-state index is 13.5. The van der Waals surface area contributed by atoms with Crippen LogP contribution in [0.3, 0.4) is 0 Å². The molecule has 2 aliphatic heterocycles. The van der Waals surface area contributed by atoms with Crippen LogP contribution in [0.25, 0.3) is 10.9 Å². The van der Waals surface area contributed by atoms with Crippen molar-refractivity contribution in [2.75, 3.05) is 45.9 Å². The van der Waals surface area contributed by atoms with Gasteiger partial charge in [-0.1, -0.05) is 37.6 Å². The predicted octanol–water partition coefficient (Wildman–Crippen LogP) is 3.65. The number of hydrogen-bond acceptors (Lipinski definition) is 3. The van der Waals surface area contributed by atoms with E-state index in [1.807, 2.05) is 35.9 Å². The number of aryl methyl sites for hydroxylation is 1. The first-order chi connectivity index (χ1) is 13.8. The van der Waals surface area contributed by atoms with Crippen LogP contribution in [0.2, 0.25) is 5.02 Å². The Bertz CT molecular complexity index is 962. The number of benzene rings is 1. The minimum Gasteiger partial charge on any atom is -0.379 e. The van der Waals surface area contributed by atoms with Crippen molar-refractivity contribution >= 4 is 28.4 Å². The zero-order chi connectivity index (χ0) is 20.4. The van der Waals surface area contributed by atoms with Crippen molar-refractivity contribution in [3.05, 3.63) is 35.0 Å². The number of carbonyl (C=O) groups excluding carboxylic acids is 1. The molecule has 2 saturated heterocycles. The van der Waals surface area contributed by atoms with Crippen LogP contribution >= 0.6 is 11.6 Å². The van der Waals surface area contributed by atoms with E-state index in [9.17, 15) is 4.79 Å². The molecule has 156 valence electrons. The summed E-state index contributed by atoms with van der Waals surface area (Å²) in [7, 11) is 1.94. The molecule has 3 fully saturated rings. The van der Waals surface area contributed by atoms with Gasteiger partial charge in [0.2, 0.25) is 0 Å². The lowest BCUT2D eigenvalue weighted by molar-refractivity contribution is -0.0966. The summed E-state index contributed by atoms with van der Waals surface area (Å²) >= 11 is 6.40. The van der Waals surface area contributed by atoms with Crippen LogP contribution in [-0.2, 0) is 11.8 Å². The van der Waals surface area contributed by atoms with Crippen LogP contribution in [0.4, 0.5) is 0 Å². The molecule has 5 nitrogen and oxygen atoms in total. The molecule has 5 rings (SSSR count). The standard InChI is InChI=1S/C23H30ClN3O2/c1-22(2)13-23(14-26-7-9-29-10-8-26)15-27(12-19(22)23)21(28)18-11-16-5-4-6-17(24)20(16)25(18)3/h4-6,11,19H,7-10,12-15H2,1-3H3/t19-,23+/m1/s1. The molecule has 1 amide bonds. The largest absolute Gasteiger partial charge is 0.379 e. The van der Waals surface area contributed by atoms with Gasteiger partial charge in [-0.2, -0.15) is 0 Å². The van der Waals surface area contributed by atoms with E-state index in [1.54, 1.807) is 0 Å². The van der Waals surface area contributed by atoms with Gasteiger partial charge in [-0.25, -0.2) is 0 Å². The number of hydrogen-bond donors (Lipinski definition) is 0. The van der Waals surface area contributed by atoms with E-state index in [1.165, 1.54) is 6.42 Å². The summed E-state index contributed by atoms with van der Waals surface area (Å²) in [5, 5.41) is 1.71. The monoisotopic (exact) mass is 415 g/mol. The Morgan fingerprint density at radius 2 is 2.03 bits per heavy atom. The highest BCUT2D eigenvalue weighted by atomic mass is 35.5. The third-order valence-electron chi connectivity index (χ3n) is 7.55. The fourth-order valence-electron chi connectivity index (χ4n) is 6.43. The zero-order valence-electron chi connectivity index (χ0n) is 17.6. The maximum atomic E-state index is 13.5. The molecule has 2 atom stereocenters. The number of carbonyl (C=O) groups is 1. The highest BCUT2D eigenvalue weighted by Crippen LogP contribution is 2.63. The third kappa shape index (κ3) is 3.01. The van der Waals surface area contributed by atoms with Gasteiger partial charge in [0.1, 0.15) is 5.69 Å². The molecule has 0 unspecified atom stereocenters. The van der Waals surface area contributed by atoms with Gasteiger partial charge in [-0.05, 0) is 29.9 Å². The van der Waals surface area contributed by atoms with E-state index in [-0.39, 0.29) is 11.3 Å². The highest BCUT2D eigenvalue weighted by molar-refractivity contribution is 6.35. The molecule has 1 aromatic heterocycles. The Morgan fingerprint density at radius 3 is 2.72 bits per heavy atom. The highest BCUT2D eigenvalue weighted by Gasteiger charge is 2.63. The van der Waals surface area contributed by atoms with Crippen molar-refractivity contribution in [1.82, 2.24) is 14.4 Å². The van der Waals surface area contributed by atoms with Gasteiger partial charge in [0.25, 0.3) is 5.91 Å². The first-order valence-electron chi connectivity index (χ1n) is 10.6. The lowest BCUT2D eigenvalue weighted by Gasteiger charge is -2.58. The number of nitrogens with zero attached hydrogens (tertiary/aromatic N) is 3. The van der Waals surface area contributed by atoms with E-state index < -0.39 is 0 Å². The maximum Gasteiger partial charge on any atom is 0.270 e. The number of rotatable bonds is 3. The summed E-state index contributed by atoms with van der Waals surface area (Å²) in [6.07, 6.45) is 1.19. The Hall–Kier alpha value is -1.56. The Kier molecular flexibility index (Phi) is 4.50. The van der Waals surface area contributed by atoms with Crippen molar-refractivity contribution in [1.29, 1.82) is 0 Å². The molecule has 6 heteroatoms. The van der Waals surface area contributed by atoms with E-state index in [0.29, 0.717) is 16.4 Å². The van der Waals surface area contributed by atoms with E-state index in [4.69, 9.17) is 16.3 Å². The molecule has 0 bridgehead atoms. The van der Waals surface area contributed by atoms with Crippen LogP contribution in [0.5, 0.6) is 0 Å². The van der Waals surface area contributed by atoms with Crippen LogP contribution in [-0.4, -0.2) is 66.2 Å². The number of fused-ring (bicyclic) bond motifs is 2. The molecule has 0 radical (unpaired) electrons. The summed E-state index contributed by atoms with van der Waals surface area (Å²) < 4.78 is 7.49. The van der Waals surface area contributed by atoms with Gasteiger partial charge in [-0.3, -0.25) is 9.69 Å². The number of likely N-dealkylation sites (tertiary alicyclic amines) is 1. The van der Waals surface area contributed by atoms with E-state index >= 15 is 0 Å². The molecule has 3 heterocycles. The molecule has 2 aromatic rings. The Morgan fingerprint density at radius 1 is 1.28 bits per heavy atom. The van der Waals surface area contributed by atoms with Crippen LogP contribution in [0, 0.1) is 16.7 Å². The fourth-order valence-corrected chi connectivity index (χ4v) is 6.74. The SMILES string of the molecule is Cn1c(C(=O)N2C[C@@H]3C(C)(C)C[C@]3(CN3CCOCC3)C2)cc2cccc(Cl)c21. The number of para-hydroxylation sites is 1. The molecular formula is C23H30ClN3O2. The molecule has 0 spiro atoms. The smallest absolute Gasteiger partial charge is 0.270 e. The molecule has 1 aliphatic carbocycles. The van der Waals surface area contributed by atoms with Crippen molar-refractivity contribution in [2.45, 2.75) is 20.3 Å². The van der Waals surface area contributed by atoms with Gasteiger partial charge in [-0.15, -0.1) is 0 Å². The average molecular weight is 416 g/mol. The second-order valence-electron chi connectivity index (χ2n) is 9.92. The van der Waals surface area contributed by atoms with Crippen molar-refractivity contribution < 1.29 is 9.53 Å². The number of morpholine rings is 1. The minimum atomic E-state index is 0.131. The second-order valence-corrected chi connectivity index (χ2v) is 10.3. The van der Waals surface area contributed by atoms with Crippen molar-refractivity contribution in [2.24, 2.45) is 23.8 Å². The van der Waals surface area contributed by atoms with Crippen molar-refractivity contribution in [3.8, 4) is 0 Å². The van der Waals surface area contributed by atoms with E-state index in [0.717, 1.165) is 62.5 Å². The number of ether oxygens (including phenoxy) is 1. The molecule has 29 heavy (non-hydrogen) atoms. The average Bonchev–Trinajstić information content (AvgIpc) is 3.18. The normalized spacial score (nSPS) is 29.1. The third-order valence-corrected chi connectivity index (χ3v) is 7.86. The quantitative estimate of drug-likeness (QED) is 0.767. The Labute approximate surface area is 177 Å². The summed E-state index contributed by atoms with van der Waals surface area (Å²) in [4.78, 5) is 18.2. The van der Waals surface area contributed by atoms with Crippen LogP contribution in [0.1, 0.15) is 30.8 Å². The fraction of sp³-hybridized carbons (Fsp3) is 0.609. The first-order valence-corrected chi connectivity index (χ1v) is 11.0. The predicted molar refractivity (Wildman–Crippen MR) is 115 cm³/mol. The summed E-state index contributed by atoms with van der Waals surface area (Å²) in [5.74, 6) is 0.686. The number of halogens is 1.